The van der Waals surface area contributed by atoms with E-state index in [0.717, 1.165) is 18.0 Å². The number of rotatable bonds is 6. The van der Waals surface area contributed by atoms with Crippen molar-refractivity contribution in [1.29, 1.82) is 0 Å². The number of hydrogen-bond acceptors (Lipinski definition) is 3. The molecule has 0 aromatic carbocycles. The van der Waals surface area contributed by atoms with Gasteiger partial charge in [-0.15, -0.1) is 0 Å². The van der Waals surface area contributed by atoms with E-state index in [9.17, 15) is 0 Å². The van der Waals surface area contributed by atoms with Gasteiger partial charge in [0.2, 0.25) is 0 Å². The van der Waals surface area contributed by atoms with Crippen molar-refractivity contribution in [3.8, 4) is 0 Å². The number of nitrogens with one attached hydrogen (secondary N) is 1. The molecule has 2 aliphatic rings. The van der Waals surface area contributed by atoms with Gasteiger partial charge >= 0.3 is 0 Å². The van der Waals surface area contributed by atoms with Gasteiger partial charge in [-0.05, 0) is 59.2 Å². The molecule has 3 heteroatoms. The van der Waals surface area contributed by atoms with Crippen LogP contribution in [0.25, 0.3) is 0 Å². The van der Waals surface area contributed by atoms with Gasteiger partial charge in [-0.2, -0.15) is 0 Å². The second-order valence-corrected chi connectivity index (χ2v) is 7.61. The summed E-state index contributed by atoms with van der Waals surface area (Å²) in [6.07, 6.45) is 9.84. The standard InChI is InChI=1S/C18H37N3/c1-5-17-13-19-18(16-9-7-6-8-10-16)14-21(17)15(2)11-12-20(3)4/h15-19H,5-14H2,1-4H3. The molecule has 2 fully saturated rings. The van der Waals surface area contributed by atoms with Gasteiger partial charge in [0.1, 0.15) is 0 Å². The van der Waals surface area contributed by atoms with Crippen LogP contribution >= 0.6 is 0 Å². The third-order valence-electron chi connectivity index (χ3n) is 5.74. The summed E-state index contributed by atoms with van der Waals surface area (Å²) < 4.78 is 0. The summed E-state index contributed by atoms with van der Waals surface area (Å²) in [5.41, 5.74) is 0. The lowest BCUT2D eigenvalue weighted by Gasteiger charge is -2.46. The molecule has 1 aliphatic carbocycles. The van der Waals surface area contributed by atoms with Crippen LogP contribution < -0.4 is 5.32 Å². The molecular formula is C18H37N3. The summed E-state index contributed by atoms with van der Waals surface area (Å²) in [5.74, 6) is 0.931. The van der Waals surface area contributed by atoms with Crippen molar-refractivity contribution >= 4 is 0 Å². The van der Waals surface area contributed by atoms with Crippen molar-refractivity contribution in [2.24, 2.45) is 5.92 Å². The molecule has 0 bridgehead atoms. The van der Waals surface area contributed by atoms with E-state index in [0.29, 0.717) is 6.04 Å². The molecule has 1 aliphatic heterocycles. The SMILES string of the molecule is CCC1CNC(C2CCCCC2)CN1C(C)CCN(C)C. The van der Waals surface area contributed by atoms with Crippen LogP contribution in [0.15, 0.2) is 0 Å². The van der Waals surface area contributed by atoms with Crippen LogP contribution in [0, 0.1) is 5.92 Å². The Kier molecular flexibility index (Phi) is 6.97. The van der Waals surface area contributed by atoms with Crippen LogP contribution in [0.1, 0.15) is 58.8 Å². The van der Waals surface area contributed by atoms with E-state index in [2.05, 4.69) is 43.1 Å². The molecule has 124 valence electrons. The first-order valence-corrected chi connectivity index (χ1v) is 9.25. The highest BCUT2D eigenvalue weighted by atomic mass is 15.3. The fourth-order valence-corrected chi connectivity index (χ4v) is 4.23. The van der Waals surface area contributed by atoms with Gasteiger partial charge in [-0.25, -0.2) is 0 Å². The monoisotopic (exact) mass is 295 g/mol. The maximum atomic E-state index is 3.89. The Morgan fingerprint density at radius 3 is 2.52 bits per heavy atom. The smallest absolute Gasteiger partial charge is 0.0224 e. The zero-order chi connectivity index (χ0) is 15.2. The fourth-order valence-electron chi connectivity index (χ4n) is 4.23. The van der Waals surface area contributed by atoms with Crippen molar-refractivity contribution in [3.05, 3.63) is 0 Å². The normalized spacial score (nSPS) is 30.7. The summed E-state index contributed by atoms with van der Waals surface area (Å²) in [7, 11) is 4.37. The average molecular weight is 296 g/mol. The van der Waals surface area contributed by atoms with Gasteiger partial charge in [-0.1, -0.05) is 26.2 Å². The summed E-state index contributed by atoms with van der Waals surface area (Å²) >= 11 is 0. The van der Waals surface area contributed by atoms with Crippen LogP contribution in [-0.4, -0.2) is 61.7 Å². The average Bonchev–Trinajstić information content (AvgIpc) is 2.52. The minimum atomic E-state index is 0.713. The molecule has 0 radical (unpaired) electrons. The van der Waals surface area contributed by atoms with E-state index in [1.165, 1.54) is 64.6 Å². The molecule has 3 unspecified atom stereocenters. The Labute approximate surface area is 132 Å². The van der Waals surface area contributed by atoms with E-state index >= 15 is 0 Å². The Morgan fingerprint density at radius 2 is 1.90 bits per heavy atom. The molecule has 3 atom stereocenters. The van der Waals surface area contributed by atoms with Crippen LogP contribution in [-0.2, 0) is 0 Å². The van der Waals surface area contributed by atoms with E-state index in [1.807, 2.05) is 0 Å². The number of hydrogen-bond donors (Lipinski definition) is 1. The van der Waals surface area contributed by atoms with Gasteiger partial charge in [0.25, 0.3) is 0 Å². The minimum absolute atomic E-state index is 0.713. The van der Waals surface area contributed by atoms with Gasteiger partial charge < -0.3 is 10.2 Å². The van der Waals surface area contributed by atoms with Gasteiger partial charge in [0, 0.05) is 31.2 Å². The lowest BCUT2D eigenvalue weighted by atomic mass is 9.82. The van der Waals surface area contributed by atoms with Crippen LogP contribution in [0.4, 0.5) is 0 Å². The molecule has 0 spiro atoms. The second kappa shape index (κ2) is 8.50. The number of piperazine rings is 1. The quantitative estimate of drug-likeness (QED) is 0.813. The number of nitrogens with zero attached hydrogens (tertiary/aromatic N) is 2. The molecule has 1 heterocycles. The van der Waals surface area contributed by atoms with Gasteiger partial charge in [0.15, 0.2) is 0 Å². The molecule has 0 aromatic heterocycles. The Balaban J connectivity index is 1.91. The van der Waals surface area contributed by atoms with Gasteiger partial charge in [-0.3, -0.25) is 4.90 Å². The summed E-state index contributed by atoms with van der Waals surface area (Å²) in [4.78, 5) is 5.14. The summed E-state index contributed by atoms with van der Waals surface area (Å²) in [6, 6.07) is 2.20. The third-order valence-corrected chi connectivity index (χ3v) is 5.74. The summed E-state index contributed by atoms with van der Waals surface area (Å²) in [6.45, 7) is 8.46. The molecule has 1 N–H and O–H groups in total. The Hall–Kier alpha value is -0.120. The van der Waals surface area contributed by atoms with Crippen molar-refractivity contribution in [2.75, 3.05) is 33.7 Å². The van der Waals surface area contributed by atoms with Crippen molar-refractivity contribution in [1.82, 2.24) is 15.1 Å². The van der Waals surface area contributed by atoms with Gasteiger partial charge in [0.05, 0.1) is 0 Å². The molecule has 3 nitrogen and oxygen atoms in total. The minimum Gasteiger partial charge on any atom is -0.311 e. The molecule has 0 amide bonds. The van der Waals surface area contributed by atoms with E-state index in [1.54, 1.807) is 0 Å². The predicted octanol–water partition coefficient (Wildman–Crippen LogP) is 2.96. The highest BCUT2D eigenvalue weighted by Gasteiger charge is 2.33. The Bertz CT molecular complexity index is 286. The van der Waals surface area contributed by atoms with Crippen molar-refractivity contribution < 1.29 is 0 Å². The fraction of sp³-hybridized carbons (Fsp3) is 1.00. The van der Waals surface area contributed by atoms with Crippen LogP contribution in [0.3, 0.4) is 0 Å². The predicted molar refractivity (Wildman–Crippen MR) is 91.8 cm³/mol. The zero-order valence-electron chi connectivity index (χ0n) is 14.8. The van der Waals surface area contributed by atoms with E-state index in [4.69, 9.17) is 0 Å². The summed E-state index contributed by atoms with van der Waals surface area (Å²) in [5, 5.41) is 3.89. The zero-order valence-corrected chi connectivity index (χ0v) is 14.8. The molecule has 2 rings (SSSR count). The van der Waals surface area contributed by atoms with Crippen LogP contribution in [0.2, 0.25) is 0 Å². The molecule has 1 saturated carbocycles. The maximum Gasteiger partial charge on any atom is 0.0224 e. The maximum absolute atomic E-state index is 3.89. The molecule has 21 heavy (non-hydrogen) atoms. The highest BCUT2D eigenvalue weighted by molar-refractivity contribution is 4.92. The lowest BCUT2D eigenvalue weighted by Crippen LogP contribution is -2.61. The first-order chi connectivity index (χ1) is 10.1. The topological polar surface area (TPSA) is 18.5 Å². The van der Waals surface area contributed by atoms with Crippen molar-refractivity contribution in [3.63, 3.8) is 0 Å². The molecule has 0 aromatic rings. The first kappa shape index (κ1) is 17.2. The second-order valence-electron chi connectivity index (χ2n) is 7.61. The lowest BCUT2D eigenvalue weighted by molar-refractivity contribution is 0.0562. The van der Waals surface area contributed by atoms with Crippen molar-refractivity contribution in [2.45, 2.75) is 76.9 Å². The van der Waals surface area contributed by atoms with Crippen LogP contribution in [0.5, 0.6) is 0 Å². The Morgan fingerprint density at radius 1 is 1.19 bits per heavy atom. The van der Waals surface area contributed by atoms with E-state index < -0.39 is 0 Å². The largest absolute Gasteiger partial charge is 0.311 e. The molecular weight excluding hydrogens is 258 g/mol. The first-order valence-electron chi connectivity index (χ1n) is 9.25. The molecule has 1 saturated heterocycles. The third kappa shape index (κ3) is 4.94. The highest BCUT2D eigenvalue weighted by Crippen LogP contribution is 2.29. The van der Waals surface area contributed by atoms with E-state index in [-0.39, 0.29) is 0 Å².